The molecule has 1 saturated heterocycles. The van der Waals surface area contributed by atoms with Crippen molar-refractivity contribution in [2.24, 2.45) is 0 Å². The normalized spacial score (nSPS) is 19.5. The van der Waals surface area contributed by atoms with Crippen LogP contribution in [0.5, 0.6) is 11.5 Å². The Morgan fingerprint density at radius 2 is 1.75 bits per heavy atom. The van der Waals surface area contributed by atoms with E-state index in [1.54, 1.807) is 32.2 Å². The van der Waals surface area contributed by atoms with Gasteiger partial charge in [0.15, 0.2) is 6.10 Å². The maximum atomic E-state index is 12.8. The molecule has 28 heavy (non-hydrogen) atoms. The predicted octanol–water partition coefficient (Wildman–Crippen LogP) is 2.76. The molecule has 1 amide bonds. The van der Waals surface area contributed by atoms with E-state index in [2.05, 4.69) is 0 Å². The minimum absolute atomic E-state index is 0.0626. The summed E-state index contributed by atoms with van der Waals surface area (Å²) in [6.45, 7) is 5.57. The Balaban J connectivity index is 2.10. The summed E-state index contributed by atoms with van der Waals surface area (Å²) in [6.07, 6.45) is -0.282. The molecule has 0 unspecified atom stereocenters. The number of ether oxygens (including phenoxy) is 1. The summed E-state index contributed by atoms with van der Waals surface area (Å²) in [5.41, 5.74) is 3.71. The smallest absolute Gasteiger partial charge is 0.265 e. The fourth-order valence-corrected chi connectivity index (χ4v) is 3.89. The van der Waals surface area contributed by atoms with Crippen LogP contribution in [0, 0.1) is 20.8 Å². The lowest BCUT2D eigenvalue weighted by Crippen LogP contribution is -2.60. The van der Waals surface area contributed by atoms with E-state index >= 15 is 0 Å². The quantitative estimate of drug-likeness (QED) is 0.607. The van der Waals surface area contributed by atoms with Crippen LogP contribution in [0.3, 0.4) is 0 Å². The van der Waals surface area contributed by atoms with Crippen LogP contribution >= 0.6 is 0 Å². The van der Waals surface area contributed by atoms with Crippen molar-refractivity contribution in [1.82, 2.24) is 0 Å². The van der Waals surface area contributed by atoms with Crippen molar-refractivity contribution in [1.29, 1.82) is 0 Å². The standard InChI is InChI=1S/C20H23NO6S/c1-11-6-7-14(9-16(11)22)18-19(27-28(5,24)25)20(23)21(18)15-8-12(2)13(3)17(10-15)26-4/h6-10,18-19,22H,1-5H3/t18-,19+/m0/s1. The number of hydrogen-bond donors (Lipinski definition) is 1. The van der Waals surface area contributed by atoms with E-state index < -0.39 is 28.2 Å². The first kappa shape index (κ1) is 20.2. The second kappa shape index (κ2) is 7.10. The summed E-state index contributed by atoms with van der Waals surface area (Å²) >= 11 is 0. The number of benzene rings is 2. The van der Waals surface area contributed by atoms with E-state index in [1.165, 1.54) is 11.0 Å². The zero-order valence-electron chi connectivity index (χ0n) is 16.4. The van der Waals surface area contributed by atoms with Crippen LogP contribution in [-0.4, -0.2) is 38.9 Å². The van der Waals surface area contributed by atoms with E-state index in [1.807, 2.05) is 19.9 Å². The van der Waals surface area contributed by atoms with Crippen LogP contribution in [0.25, 0.3) is 0 Å². The Morgan fingerprint density at radius 1 is 1.07 bits per heavy atom. The molecule has 2 aromatic carbocycles. The van der Waals surface area contributed by atoms with Gasteiger partial charge in [-0.1, -0.05) is 12.1 Å². The first-order valence-electron chi connectivity index (χ1n) is 8.69. The fraction of sp³-hybridized carbons (Fsp3) is 0.350. The minimum Gasteiger partial charge on any atom is -0.508 e. The summed E-state index contributed by atoms with van der Waals surface area (Å²) < 4.78 is 33.8. The molecule has 2 atom stereocenters. The number of aryl methyl sites for hydroxylation is 2. The minimum atomic E-state index is -3.84. The third-order valence-electron chi connectivity index (χ3n) is 5.00. The lowest BCUT2D eigenvalue weighted by molar-refractivity contribution is -0.134. The number of phenolic OH excluding ortho intramolecular Hbond substituents is 1. The summed E-state index contributed by atoms with van der Waals surface area (Å²) in [5, 5.41) is 10.1. The molecule has 0 aliphatic carbocycles. The third-order valence-corrected chi connectivity index (χ3v) is 5.56. The van der Waals surface area contributed by atoms with Crippen molar-refractivity contribution in [3.8, 4) is 11.5 Å². The maximum Gasteiger partial charge on any atom is 0.265 e. The van der Waals surface area contributed by atoms with E-state index in [0.717, 1.165) is 17.4 Å². The van der Waals surface area contributed by atoms with Crippen molar-refractivity contribution >= 4 is 21.7 Å². The second-order valence-electron chi connectivity index (χ2n) is 7.01. The lowest BCUT2D eigenvalue weighted by Gasteiger charge is -2.46. The first-order valence-corrected chi connectivity index (χ1v) is 10.5. The van der Waals surface area contributed by atoms with Gasteiger partial charge in [0.1, 0.15) is 11.5 Å². The number of β-lactam (4-membered cyclic amide) rings is 1. The predicted molar refractivity (Wildman–Crippen MR) is 105 cm³/mol. The number of carbonyl (C=O) groups is 1. The van der Waals surface area contributed by atoms with Crippen molar-refractivity contribution < 1.29 is 27.2 Å². The van der Waals surface area contributed by atoms with Gasteiger partial charge in [-0.3, -0.25) is 13.9 Å². The Hall–Kier alpha value is -2.58. The molecule has 1 fully saturated rings. The van der Waals surface area contributed by atoms with Gasteiger partial charge in [-0.25, -0.2) is 0 Å². The molecule has 150 valence electrons. The van der Waals surface area contributed by atoms with E-state index in [0.29, 0.717) is 22.6 Å². The summed E-state index contributed by atoms with van der Waals surface area (Å²) in [5.74, 6) is 0.217. The molecule has 0 spiro atoms. The van der Waals surface area contributed by atoms with Crippen LogP contribution in [-0.2, 0) is 19.1 Å². The van der Waals surface area contributed by atoms with Crippen LogP contribution in [0.2, 0.25) is 0 Å². The van der Waals surface area contributed by atoms with Gasteiger partial charge in [0, 0.05) is 11.8 Å². The number of methoxy groups -OCH3 is 1. The summed E-state index contributed by atoms with van der Waals surface area (Å²) in [7, 11) is -2.29. The van der Waals surface area contributed by atoms with Crippen molar-refractivity contribution in [3.05, 3.63) is 52.6 Å². The summed E-state index contributed by atoms with van der Waals surface area (Å²) in [6, 6.07) is 7.86. The highest BCUT2D eigenvalue weighted by molar-refractivity contribution is 7.86. The third kappa shape index (κ3) is 3.57. The molecular weight excluding hydrogens is 382 g/mol. The van der Waals surface area contributed by atoms with Crippen molar-refractivity contribution in [2.75, 3.05) is 18.3 Å². The molecule has 0 saturated carbocycles. The Labute approximate surface area is 164 Å². The Morgan fingerprint density at radius 3 is 2.32 bits per heavy atom. The zero-order chi connectivity index (χ0) is 20.8. The fourth-order valence-electron chi connectivity index (χ4n) is 3.33. The monoisotopic (exact) mass is 405 g/mol. The van der Waals surface area contributed by atoms with Gasteiger partial charge < -0.3 is 9.84 Å². The van der Waals surface area contributed by atoms with Gasteiger partial charge in [-0.05, 0) is 55.2 Å². The molecular formula is C20H23NO6S. The molecule has 8 heteroatoms. The number of hydrogen-bond acceptors (Lipinski definition) is 6. The molecule has 0 aromatic heterocycles. The molecule has 2 aromatic rings. The highest BCUT2D eigenvalue weighted by atomic mass is 32.2. The highest BCUT2D eigenvalue weighted by Gasteiger charge is 2.52. The van der Waals surface area contributed by atoms with Gasteiger partial charge in [-0.15, -0.1) is 0 Å². The molecule has 1 aliphatic heterocycles. The molecule has 1 aliphatic rings. The molecule has 1 heterocycles. The van der Waals surface area contributed by atoms with Crippen molar-refractivity contribution in [3.63, 3.8) is 0 Å². The molecule has 7 nitrogen and oxygen atoms in total. The maximum absolute atomic E-state index is 12.8. The average Bonchev–Trinajstić information content (AvgIpc) is 2.61. The Bertz CT molecular complexity index is 1050. The number of nitrogens with zero attached hydrogens (tertiary/aromatic N) is 1. The van der Waals surface area contributed by atoms with Gasteiger partial charge in [0.2, 0.25) is 0 Å². The first-order chi connectivity index (χ1) is 13.0. The zero-order valence-corrected chi connectivity index (χ0v) is 17.2. The molecule has 1 N–H and O–H groups in total. The van der Waals surface area contributed by atoms with Gasteiger partial charge in [-0.2, -0.15) is 8.42 Å². The number of amides is 1. The Kier molecular flexibility index (Phi) is 5.12. The highest BCUT2D eigenvalue weighted by Crippen LogP contribution is 2.44. The SMILES string of the molecule is COc1cc(N2C(=O)[C@H](OS(C)(=O)=O)[C@@H]2c2ccc(C)c(O)c2)cc(C)c1C. The summed E-state index contributed by atoms with van der Waals surface area (Å²) in [4.78, 5) is 14.3. The number of anilines is 1. The number of rotatable bonds is 5. The van der Waals surface area contributed by atoms with Gasteiger partial charge >= 0.3 is 0 Å². The molecule has 3 rings (SSSR count). The van der Waals surface area contributed by atoms with Crippen LogP contribution in [0.15, 0.2) is 30.3 Å². The molecule has 0 radical (unpaired) electrons. The van der Waals surface area contributed by atoms with E-state index in [4.69, 9.17) is 8.92 Å². The van der Waals surface area contributed by atoms with Crippen LogP contribution < -0.4 is 9.64 Å². The number of phenols is 1. The lowest BCUT2D eigenvalue weighted by atomic mass is 9.89. The number of carbonyl (C=O) groups excluding carboxylic acids is 1. The van der Waals surface area contributed by atoms with E-state index in [-0.39, 0.29) is 5.75 Å². The van der Waals surface area contributed by atoms with Crippen LogP contribution in [0.1, 0.15) is 28.3 Å². The molecule has 0 bridgehead atoms. The number of aromatic hydroxyl groups is 1. The van der Waals surface area contributed by atoms with Crippen LogP contribution in [0.4, 0.5) is 5.69 Å². The largest absolute Gasteiger partial charge is 0.508 e. The topological polar surface area (TPSA) is 93.1 Å². The van der Waals surface area contributed by atoms with Gasteiger partial charge in [0.25, 0.3) is 16.0 Å². The van der Waals surface area contributed by atoms with Crippen molar-refractivity contribution in [2.45, 2.75) is 32.9 Å². The van der Waals surface area contributed by atoms with E-state index in [9.17, 15) is 18.3 Å². The average molecular weight is 405 g/mol. The van der Waals surface area contributed by atoms with Gasteiger partial charge in [0.05, 0.1) is 19.4 Å². The second-order valence-corrected chi connectivity index (χ2v) is 8.61.